The number of hydrogen-bond donors (Lipinski definition) is 1. The lowest BCUT2D eigenvalue weighted by Crippen LogP contribution is -2.26. The quantitative estimate of drug-likeness (QED) is 0.229. The van der Waals surface area contributed by atoms with Gasteiger partial charge in [-0.2, -0.15) is 0 Å². The monoisotopic (exact) mass is 531 g/mol. The normalized spacial score (nSPS) is 10.9. The Labute approximate surface area is 229 Å². The van der Waals surface area contributed by atoms with Gasteiger partial charge in [0.15, 0.2) is 11.5 Å². The van der Waals surface area contributed by atoms with Gasteiger partial charge in [-0.3, -0.25) is 4.79 Å². The van der Waals surface area contributed by atoms with Crippen molar-refractivity contribution in [3.05, 3.63) is 77.1 Å². The highest BCUT2D eigenvalue weighted by Gasteiger charge is 2.17. The predicted molar refractivity (Wildman–Crippen MR) is 153 cm³/mol. The minimum atomic E-state index is -0.222. The van der Waals surface area contributed by atoms with Crippen LogP contribution < -0.4 is 24.3 Å². The van der Waals surface area contributed by atoms with Crippen molar-refractivity contribution >= 4 is 16.9 Å². The molecule has 206 valence electrons. The third-order valence-corrected chi connectivity index (χ3v) is 6.53. The molecule has 8 heteroatoms. The fraction of sp³-hybridized carbons (Fsp3) is 0.355. The first-order valence-electron chi connectivity index (χ1n) is 13.2. The Morgan fingerprint density at radius 2 is 1.59 bits per heavy atom. The van der Waals surface area contributed by atoms with Crippen LogP contribution in [0, 0.1) is 13.8 Å². The summed E-state index contributed by atoms with van der Waals surface area (Å²) >= 11 is 0. The van der Waals surface area contributed by atoms with E-state index < -0.39 is 0 Å². The second kappa shape index (κ2) is 13.0. The maximum Gasteiger partial charge on any atom is 0.251 e. The Hall–Kier alpha value is -4.20. The van der Waals surface area contributed by atoms with Crippen LogP contribution in [-0.2, 0) is 13.0 Å². The largest absolute Gasteiger partial charge is 0.494 e. The molecule has 4 aromatic rings. The average Bonchev–Trinajstić information content (AvgIpc) is 3.28. The Kier molecular flexibility index (Phi) is 9.31. The summed E-state index contributed by atoms with van der Waals surface area (Å²) in [6, 6.07) is 17.7. The lowest BCUT2D eigenvalue weighted by atomic mass is 10.1. The van der Waals surface area contributed by atoms with Gasteiger partial charge in [0, 0.05) is 25.1 Å². The fourth-order valence-corrected chi connectivity index (χ4v) is 4.75. The van der Waals surface area contributed by atoms with Gasteiger partial charge in [-0.15, -0.1) is 0 Å². The molecule has 1 amide bonds. The van der Waals surface area contributed by atoms with Crippen molar-refractivity contribution in [1.82, 2.24) is 14.9 Å². The van der Waals surface area contributed by atoms with E-state index in [1.807, 2.05) is 18.2 Å². The molecule has 0 atom stereocenters. The Bertz CT molecular complexity index is 1380. The molecule has 0 bridgehead atoms. The van der Waals surface area contributed by atoms with Gasteiger partial charge in [0.2, 0.25) is 5.75 Å². The van der Waals surface area contributed by atoms with Crippen LogP contribution >= 0.6 is 0 Å². The first-order valence-corrected chi connectivity index (χ1v) is 13.2. The van der Waals surface area contributed by atoms with Crippen molar-refractivity contribution in [2.75, 3.05) is 34.5 Å². The number of imidazole rings is 1. The van der Waals surface area contributed by atoms with E-state index in [0.717, 1.165) is 42.0 Å². The zero-order valence-electron chi connectivity index (χ0n) is 23.4. The summed E-state index contributed by atoms with van der Waals surface area (Å²) < 4.78 is 24.3. The molecule has 1 N–H and O–H groups in total. The van der Waals surface area contributed by atoms with Crippen LogP contribution in [0.1, 0.15) is 40.2 Å². The number of carbonyl (C=O) groups excluding carboxylic acids is 1. The second-order valence-corrected chi connectivity index (χ2v) is 9.47. The number of methoxy groups -OCH3 is 3. The van der Waals surface area contributed by atoms with Crippen LogP contribution in [0.25, 0.3) is 11.0 Å². The number of hydrogen-bond acceptors (Lipinski definition) is 6. The van der Waals surface area contributed by atoms with E-state index in [1.54, 1.807) is 12.1 Å². The maximum atomic E-state index is 12.9. The molecule has 0 aliphatic heterocycles. The van der Waals surface area contributed by atoms with E-state index in [0.29, 0.717) is 42.4 Å². The minimum Gasteiger partial charge on any atom is -0.494 e. The van der Waals surface area contributed by atoms with Gasteiger partial charge in [0.1, 0.15) is 11.6 Å². The van der Waals surface area contributed by atoms with E-state index in [-0.39, 0.29) is 5.91 Å². The van der Waals surface area contributed by atoms with E-state index in [4.69, 9.17) is 23.9 Å². The van der Waals surface area contributed by atoms with Gasteiger partial charge in [-0.1, -0.05) is 18.2 Å². The summed E-state index contributed by atoms with van der Waals surface area (Å²) in [4.78, 5) is 17.8. The molecule has 1 aromatic heterocycles. The number of carbonyl (C=O) groups is 1. The van der Waals surface area contributed by atoms with Crippen LogP contribution in [0.5, 0.6) is 23.0 Å². The molecule has 0 aliphatic carbocycles. The lowest BCUT2D eigenvalue weighted by molar-refractivity contribution is 0.0953. The topological polar surface area (TPSA) is 83.8 Å². The summed E-state index contributed by atoms with van der Waals surface area (Å²) in [5.74, 6) is 2.96. The van der Waals surface area contributed by atoms with Crippen molar-refractivity contribution in [1.29, 1.82) is 0 Å². The summed E-state index contributed by atoms with van der Waals surface area (Å²) in [5.41, 5.74) is 4.89. The summed E-state index contributed by atoms with van der Waals surface area (Å²) in [5, 5.41) is 3.00. The van der Waals surface area contributed by atoms with Gasteiger partial charge in [0.25, 0.3) is 5.91 Å². The van der Waals surface area contributed by atoms with Crippen molar-refractivity contribution in [2.24, 2.45) is 0 Å². The molecule has 1 heterocycles. The number of rotatable bonds is 13. The van der Waals surface area contributed by atoms with E-state index >= 15 is 0 Å². The van der Waals surface area contributed by atoms with Gasteiger partial charge in [0.05, 0.1) is 39.0 Å². The first kappa shape index (κ1) is 27.8. The number of para-hydroxylation sites is 2. The van der Waals surface area contributed by atoms with Gasteiger partial charge in [-0.25, -0.2) is 4.98 Å². The summed E-state index contributed by atoms with van der Waals surface area (Å²) in [6.07, 6.45) is 2.48. The highest BCUT2D eigenvalue weighted by Crippen LogP contribution is 2.38. The molecular formula is C31H37N3O5. The van der Waals surface area contributed by atoms with Crippen LogP contribution in [0.15, 0.2) is 54.6 Å². The van der Waals surface area contributed by atoms with Gasteiger partial charge in [-0.05, 0) is 74.2 Å². The van der Waals surface area contributed by atoms with Crippen LogP contribution in [0.4, 0.5) is 0 Å². The van der Waals surface area contributed by atoms with Crippen LogP contribution in [0.3, 0.4) is 0 Å². The highest BCUT2D eigenvalue weighted by atomic mass is 16.5. The smallest absolute Gasteiger partial charge is 0.251 e. The molecular weight excluding hydrogens is 494 g/mol. The first-order chi connectivity index (χ1) is 18.9. The molecule has 0 saturated carbocycles. The Balaban J connectivity index is 1.37. The zero-order chi connectivity index (χ0) is 27.8. The number of nitrogens with zero attached hydrogens (tertiary/aromatic N) is 2. The standard InChI is InChI=1S/C31H37N3O5/c1-21-16-22(2)18-24(17-21)39-15-9-8-14-34-26-11-7-6-10-25(26)33-29(34)12-13-32-31(35)23-19-27(36-3)30(38-5)28(20-23)37-4/h6-7,10-11,16-20H,8-9,12-15H2,1-5H3,(H,32,35). The fourth-order valence-electron chi connectivity index (χ4n) is 4.75. The molecule has 4 rings (SSSR count). The van der Waals surface area contributed by atoms with Crippen molar-refractivity contribution in [3.63, 3.8) is 0 Å². The van der Waals surface area contributed by atoms with Crippen molar-refractivity contribution < 1.29 is 23.7 Å². The van der Waals surface area contributed by atoms with Crippen molar-refractivity contribution in [2.45, 2.75) is 39.7 Å². The van der Waals surface area contributed by atoms with Gasteiger partial charge >= 0.3 is 0 Å². The number of aryl methyl sites for hydroxylation is 3. The Morgan fingerprint density at radius 1 is 0.897 bits per heavy atom. The summed E-state index contributed by atoms with van der Waals surface area (Å²) in [6.45, 7) is 6.09. The number of unbranched alkanes of at least 4 members (excludes halogenated alkanes) is 1. The summed E-state index contributed by atoms with van der Waals surface area (Å²) in [7, 11) is 4.59. The molecule has 0 fully saturated rings. The van der Waals surface area contributed by atoms with Crippen LogP contribution in [0.2, 0.25) is 0 Å². The zero-order valence-corrected chi connectivity index (χ0v) is 23.4. The SMILES string of the molecule is COc1cc(C(=O)NCCc2nc3ccccc3n2CCCCOc2cc(C)cc(C)c2)cc(OC)c1OC. The Morgan fingerprint density at radius 3 is 2.26 bits per heavy atom. The second-order valence-electron chi connectivity index (χ2n) is 9.47. The molecule has 0 aliphatic rings. The van der Waals surface area contributed by atoms with E-state index in [1.165, 1.54) is 32.5 Å². The molecule has 0 radical (unpaired) electrons. The number of fused-ring (bicyclic) bond motifs is 1. The molecule has 3 aromatic carbocycles. The average molecular weight is 532 g/mol. The number of nitrogens with one attached hydrogen (secondary N) is 1. The van der Waals surface area contributed by atoms with Crippen LogP contribution in [-0.4, -0.2) is 49.9 Å². The highest BCUT2D eigenvalue weighted by molar-refractivity contribution is 5.95. The number of ether oxygens (including phenoxy) is 4. The van der Waals surface area contributed by atoms with E-state index in [2.05, 4.69) is 48.0 Å². The third-order valence-electron chi connectivity index (χ3n) is 6.53. The minimum absolute atomic E-state index is 0.222. The van der Waals surface area contributed by atoms with E-state index in [9.17, 15) is 4.79 Å². The van der Waals surface area contributed by atoms with Gasteiger partial charge < -0.3 is 28.8 Å². The number of amides is 1. The molecule has 0 saturated heterocycles. The lowest BCUT2D eigenvalue weighted by Gasteiger charge is -2.14. The third kappa shape index (κ3) is 6.82. The number of aromatic nitrogens is 2. The molecule has 39 heavy (non-hydrogen) atoms. The maximum absolute atomic E-state index is 12.9. The predicted octanol–water partition coefficient (Wildman–Crippen LogP) is 5.51. The van der Waals surface area contributed by atoms with Crippen molar-refractivity contribution in [3.8, 4) is 23.0 Å². The molecule has 0 unspecified atom stereocenters. The molecule has 0 spiro atoms. The molecule has 8 nitrogen and oxygen atoms in total. The number of benzene rings is 3.